The first-order chi connectivity index (χ1) is 15.1. The monoisotopic (exact) mass is 411 g/mol. The predicted octanol–water partition coefficient (Wildman–Crippen LogP) is 5.84. The van der Waals surface area contributed by atoms with E-state index in [2.05, 4.69) is 16.0 Å². The van der Waals surface area contributed by atoms with Gasteiger partial charge < -0.3 is 20.4 Å². The molecule has 4 aromatic rings. The third-order valence-electron chi connectivity index (χ3n) is 4.68. The lowest BCUT2D eigenvalue weighted by Crippen LogP contribution is -2.15. The first-order valence-corrected chi connectivity index (χ1v) is 9.77. The second-order valence-corrected chi connectivity index (χ2v) is 6.99. The van der Waals surface area contributed by atoms with Crippen molar-refractivity contribution in [2.45, 2.75) is 6.92 Å². The smallest absolute Gasteiger partial charge is 0.291 e. The Morgan fingerprint density at radius 1 is 0.710 bits per heavy atom. The van der Waals surface area contributed by atoms with E-state index in [4.69, 9.17) is 4.42 Å². The summed E-state index contributed by atoms with van der Waals surface area (Å²) < 4.78 is 5.12. The van der Waals surface area contributed by atoms with Crippen molar-refractivity contribution in [1.82, 2.24) is 0 Å². The van der Waals surface area contributed by atoms with Gasteiger partial charge in [-0.2, -0.15) is 0 Å². The molecule has 0 radical (unpaired) electrons. The molecule has 0 aliphatic heterocycles. The van der Waals surface area contributed by atoms with Crippen molar-refractivity contribution in [3.05, 3.63) is 108 Å². The van der Waals surface area contributed by atoms with E-state index in [0.29, 0.717) is 16.9 Å². The zero-order valence-corrected chi connectivity index (χ0v) is 16.9. The fourth-order valence-corrected chi connectivity index (χ4v) is 3.06. The number of furan rings is 1. The van der Waals surface area contributed by atoms with Crippen molar-refractivity contribution in [3.8, 4) is 0 Å². The Labute approximate surface area is 179 Å². The first-order valence-electron chi connectivity index (χ1n) is 9.77. The van der Waals surface area contributed by atoms with Crippen LogP contribution in [0.4, 0.5) is 22.7 Å². The number of para-hydroxylation sites is 1. The quantitative estimate of drug-likeness (QED) is 0.372. The average molecular weight is 411 g/mol. The summed E-state index contributed by atoms with van der Waals surface area (Å²) in [5.41, 5.74) is 4.30. The van der Waals surface area contributed by atoms with E-state index in [-0.39, 0.29) is 17.6 Å². The van der Waals surface area contributed by atoms with Gasteiger partial charge in [0.05, 0.1) is 6.26 Å². The van der Waals surface area contributed by atoms with Gasteiger partial charge in [0, 0.05) is 28.3 Å². The predicted molar refractivity (Wildman–Crippen MR) is 122 cm³/mol. The van der Waals surface area contributed by atoms with Crippen LogP contribution in [0.5, 0.6) is 0 Å². The second kappa shape index (κ2) is 9.00. The molecule has 0 atom stereocenters. The van der Waals surface area contributed by atoms with E-state index in [9.17, 15) is 9.59 Å². The van der Waals surface area contributed by atoms with E-state index >= 15 is 0 Å². The summed E-state index contributed by atoms with van der Waals surface area (Å²) in [6, 6.07) is 25.7. The number of aryl methyl sites for hydroxylation is 1. The highest BCUT2D eigenvalue weighted by Crippen LogP contribution is 2.22. The number of carbonyl (C=O) groups is 2. The van der Waals surface area contributed by atoms with Crippen LogP contribution in [0.1, 0.15) is 26.5 Å². The molecule has 3 aromatic carbocycles. The van der Waals surface area contributed by atoms with Crippen molar-refractivity contribution >= 4 is 34.6 Å². The summed E-state index contributed by atoms with van der Waals surface area (Å²) in [5.74, 6) is -0.437. The molecule has 31 heavy (non-hydrogen) atoms. The minimum Gasteiger partial charge on any atom is -0.459 e. The maximum atomic E-state index is 12.8. The van der Waals surface area contributed by atoms with Gasteiger partial charge in [0.15, 0.2) is 5.76 Å². The van der Waals surface area contributed by atoms with Crippen LogP contribution in [-0.2, 0) is 0 Å². The van der Waals surface area contributed by atoms with Crippen molar-refractivity contribution in [1.29, 1.82) is 0 Å². The zero-order chi connectivity index (χ0) is 21.6. The van der Waals surface area contributed by atoms with Crippen molar-refractivity contribution < 1.29 is 14.0 Å². The van der Waals surface area contributed by atoms with Gasteiger partial charge in [-0.1, -0.05) is 30.3 Å². The van der Waals surface area contributed by atoms with Crippen LogP contribution >= 0.6 is 0 Å². The van der Waals surface area contributed by atoms with Crippen LogP contribution in [0.25, 0.3) is 0 Å². The van der Waals surface area contributed by atoms with Gasteiger partial charge in [-0.3, -0.25) is 9.59 Å². The van der Waals surface area contributed by atoms with Crippen molar-refractivity contribution in [2.24, 2.45) is 0 Å². The highest BCUT2D eigenvalue weighted by molar-refractivity contribution is 6.07. The largest absolute Gasteiger partial charge is 0.459 e. The van der Waals surface area contributed by atoms with Gasteiger partial charge >= 0.3 is 0 Å². The number of hydrogen-bond acceptors (Lipinski definition) is 4. The summed E-state index contributed by atoms with van der Waals surface area (Å²) in [7, 11) is 0. The third-order valence-corrected chi connectivity index (χ3v) is 4.68. The number of benzene rings is 3. The SMILES string of the molecule is Cc1ccc(C(=O)Nc2cccc(Nc3ccccc3)c2)cc1NC(=O)c1ccco1. The van der Waals surface area contributed by atoms with Gasteiger partial charge in [0.1, 0.15) is 0 Å². The molecule has 1 aromatic heterocycles. The summed E-state index contributed by atoms with van der Waals surface area (Å²) in [6.07, 6.45) is 1.44. The molecule has 6 nitrogen and oxygen atoms in total. The summed E-state index contributed by atoms with van der Waals surface area (Å²) in [5, 5.41) is 8.99. The summed E-state index contributed by atoms with van der Waals surface area (Å²) >= 11 is 0. The topological polar surface area (TPSA) is 83.4 Å². The highest BCUT2D eigenvalue weighted by Gasteiger charge is 2.13. The Morgan fingerprint density at radius 3 is 2.26 bits per heavy atom. The molecule has 0 fully saturated rings. The van der Waals surface area contributed by atoms with Crippen LogP contribution in [0.2, 0.25) is 0 Å². The van der Waals surface area contributed by atoms with E-state index in [1.807, 2.05) is 61.5 Å². The molecule has 2 amide bonds. The lowest BCUT2D eigenvalue weighted by atomic mass is 10.1. The maximum Gasteiger partial charge on any atom is 0.291 e. The number of nitrogens with one attached hydrogen (secondary N) is 3. The average Bonchev–Trinajstić information content (AvgIpc) is 3.31. The molecule has 1 heterocycles. The molecular weight excluding hydrogens is 390 g/mol. The normalized spacial score (nSPS) is 10.4. The molecule has 0 saturated heterocycles. The van der Waals surface area contributed by atoms with Gasteiger partial charge in [-0.25, -0.2) is 0 Å². The number of hydrogen-bond donors (Lipinski definition) is 3. The summed E-state index contributed by atoms with van der Waals surface area (Å²) in [4.78, 5) is 25.1. The molecule has 0 bridgehead atoms. The highest BCUT2D eigenvalue weighted by atomic mass is 16.3. The van der Waals surface area contributed by atoms with Gasteiger partial charge in [-0.05, 0) is 67.1 Å². The van der Waals surface area contributed by atoms with Crippen LogP contribution in [0.3, 0.4) is 0 Å². The van der Waals surface area contributed by atoms with Crippen molar-refractivity contribution in [3.63, 3.8) is 0 Å². The standard InChI is InChI=1S/C25H21N3O3/c1-17-12-13-18(15-22(17)28-25(30)23-11-6-14-31-23)24(29)27-21-10-5-9-20(16-21)26-19-7-3-2-4-8-19/h2-16,26H,1H3,(H,27,29)(H,28,30). The Balaban J connectivity index is 1.47. The molecule has 3 N–H and O–H groups in total. The molecule has 0 spiro atoms. The third kappa shape index (κ3) is 5.00. The Kier molecular flexibility index (Phi) is 5.80. The Morgan fingerprint density at radius 2 is 1.48 bits per heavy atom. The van der Waals surface area contributed by atoms with Gasteiger partial charge in [0.2, 0.25) is 0 Å². The van der Waals surface area contributed by atoms with Crippen LogP contribution in [0, 0.1) is 6.92 Å². The minimum atomic E-state index is -0.370. The molecule has 6 heteroatoms. The Hall–Kier alpha value is -4.32. The number of carbonyl (C=O) groups excluding carboxylic acids is 2. The van der Waals surface area contributed by atoms with Crippen LogP contribution in [0.15, 0.2) is 95.6 Å². The minimum absolute atomic E-state index is 0.206. The van der Waals surface area contributed by atoms with E-state index in [1.165, 1.54) is 6.26 Å². The van der Waals surface area contributed by atoms with Gasteiger partial charge in [-0.15, -0.1) is 0 Å². The fourth-order valence-electron chi connectivity index (χ4n) is 3.06. The number of rotatable bonds is 6. The molecule has 0 saturated carbocycles. The number of amides is 2. The van der Waals surface area contributed by atoms with Gasteiger partial charge in [0.25, 0.3) is 11.8 Å². The zero-order valence-electron chi connectivity index (χ0n) is 16.9. The summed E-state index contributed by atoms with van der Waals surface area (Å²) in [6.45, 7) is 1.86. The lowest BCUT2D eigenvalue weighted by molar-refractivity contribution is 0.0993. The van der Waals surface area contributed by atoms with E-state index in [1.54, 1.807) is 30.3 Å². The van der Waals surface area contributed by atoms with Crippen LogP contribution in [-0.4, -0.2) is 11.8 Å². The van der Waals surface area contributed by atoms with Crippen molar-refractivity contribution in [2.75, 3.05) is 16.0 Å². The molecule has 0 unspecified atom stereocenters. The van der Waals surface area contributed by atoms with E-state index < -0.39 is 0 Å². The second-order valence-electron chi connectivity index (χ2n) is 6.99. The maximum absolute atomic E-state index is 12.8. The molecule has 0 aliphatic carbocycles. The molecule has 4 rings (SSSR count). The fraction of sp³-hybridized carbons (Fsp3) is 0.0400. The molecular formula is C25H21N3O3. The Bertz CT molecular complexity index is 1200. The molecule has 154 valence electrons. The number of anilines is 4. The van der Waals surface area contributed by atoms with E-state index in [0.717, 1.165) is 16.9 Å². The first kappa shape index (κ1) is 20.0. The lowest BCUT2D eigenvalue weighted by Gasteiger charge is -2.12. The molecule has 0 aliphatic rings. The van der Waals surface area contributed by atoms with Crippen LogP contribution < -0.4 is 16.0 Å².